The van der Waals surface area contributed by atoms with Gasteiger partial charge in [-0.05, 0) is 24.8 Å². The zero-order valence-electron chi connectivity index (χ0n) is 9.71. The summed E-state index contributed by atoms with van der Waals surface area (Å²) in [6, 6.07) is 0. The molecule has 1 N–H and O–H groups in total. The highest BCUT2D eigenvalue weighted by molar-refractivity contribution is 5.78. The number of piperidine rings is 1. The summed E-state index contributed by atoms with van der Waals surface area (Å²) in [6.45, 7) is 6.37. The van der Waals surface area contributed by atoms with Crippen molar-refractivity contribution in [3.8, 4) is 0 Å². The first-order chi connectivity index (χ1) is 6.52. The van der Waals surface area contributed by atoms with Crippen LogP contribution in [-0.2, 0) is 4.79 Å². The summed E-state index contributed by atoms with van der Waals surface area (Å²) >= 11 is 0. The lowest BCUT2D eigenvalue weighted by Crippen LogP contribution is -2.44. The van der Waals surface area contributed by atoms with Crippen molar-refractivity contribution in [2.45, 2.75) is 20.3 Å². The fourth-order valence-corrected chi connectivity index (χ4v) is 2.04. The van der Waals surface area contributed by atoms with Gasteiger partial charge in [-0.2, -0.15) is 0 Å². The normalized spacial score (nSPS) is 27.8. The van der Waals surface area contributed by atoms with E-state index in [1.54, 1.807) is 4.90 Å². The largest absolute Gasteiger partial charge is 0.349 e. The third kappa shape index (κ3) is 2.71. The molecule has 0 aromatic carbocycles. The molecule has 1 aliphatic heterocycles. The van der Waals surface area contributed by atoms with E-state index in [0.717, 1.165) is 19.5 Å². The molecule has 1 amide bonds. The van der Waals surface area contributed by atoms with Gasteiger partial charge in [0.1, 0.15) is 0 Å². The molecule has 1 rings (SSSR count). The molecule has 0 aliphatic carbocycles. The molecule has 1 heterocycles. The molecule has 1 fully saturated rings. The maximum atomic E-state index is 11.8. The van der Waals surface area contributed by atoms with Crippen LogP contribution in [-0.4, -0.2) is 38.0 Å². The van der Waals surface area contributed by atoms with E-state index in [0.29, 0.717) is 11.8 Å². The van der Waals surface area contributed by atoms with Crippen LogP contribution < -0.4 is 5.32 Å². The van der Waals surface area contributed by atoms with Gasteiger partial charge in [0, 0.05) is 20.6 Å². The lowest BCUT2D eigenvalue weighted by atomic mass is 9.83. The summed E-state index contributed by atoms with van der Waals surface area (Å²) in [6.07, 6.45) is 1.04. The van der Waals surface area contributed by atoms with Crippen molar-refractivity contribution in [3.05, 3.63) is 0 Å². The van der Waals surface area contributed by atoms with Gasteiger partial charge in [-0.15, -0.1) is 0 Å². The van der Waals surface area contributed by atoms with Crippen molar-refractivity contribution in [2.24, 2.45) is 17.8 Å². The molecule has 14 heavy (non-hydrogen) atoms. The summed E-state index contributed by atoms with van der Waals surface area (Å²) in [4.78, 5) is 13.5. The van der Waals surface area contributed by atoms with Gasteiger partial charge in [-0.1, -0.05) is 13.8 Å². The third-order valence-electron chi connectivity index (χ3n) is 3.12. The van der Waals surface area contributed by atoms with Crippen LogP contribution in [0.2, 0.25) is 0 Å². The maximum Gasteiger partial charge on any atom is 0.226 e. The van der Waals surface area contributed by atoms with Gasteiger partial charge < -0.3 is 10.2 Å². The number of nitrogens with zero attached hydrogens (tertiary/aromatic N) is 1. The van der Waals surface area contributed by atoms with Crippen molar-refractivity contribution in [1.29, 1.82) is 0 Å². The number of carbonyl (C=O) groups is 1. The lowest BCUT2D eigenvalue weighted by molar-refractivity contribution is -0.134. The first-order valence-electron chi connectivity index (χ1n) is 5.44. The second-order valence-electron chi connectivity index (χ2n) is 4.83. The van der Waals surface area contributed by atoms with Gasteiger partial charge in [-0.25, -0.2) is 0 Å². The number of hydrogen-bond donors (Lipinski definition) is 1. The Balaban J connectivity index is 2.51. The summed E-state index contributed by atoms with van der Waals surface area (Å²) in [5.41, 5.74) is 0. The highest BCUT2D eigenvalue weighted by atomic mass is 16.2. The second-order valence-corrected chi connectivity index (χ2v) is 4.83. The Bertz CT molecular complexity index is 201. The van der Waals surface area contributed by atoms with Crippen LogP contribution in [0.3, 0.4) is 0 Å². The zero-order chi connectivity index (χ0) is 10.7. The minimum atomic E-state index is 0.186. The van der Waals surface area contributed by atoms with Gasteiger partial charge in [0.25, 0.3) is 0 Å². The van der Waals surface area contributed by atoms with E-state index in [1.165, 1.54) is 0 Å². The molecular formula is C11H22N2O. The predicted octanol–water partition coefficient (Wildman–Crippen LogP) is 0.956. The molecule has 0 unspecified atom stereocenters. The number of rotatable bonds is 2. The first-order valence-corrected chi connectivity index (χ1v) is 5.44. The van der Waals surface area contributed by atoms with Crippen LogP contribution >= 0.6 is 0 Å². The highest BCUT2D eigenvalue weighted by Crippen LogP contribution is 2.23. The van der Waals surface area contributed by atoms with Gasteiger partial charge in [0.05, 0.1) is 5.92 Å². The molecule has 2 atom stereocenters. The number of hydrogen-bond acceptors (Lipinski definition) is 2. The summed E-state index contributed by atoms with van der Waals surface area (Å²) in [7, 11) is 3.67. The quantitative estimate of drug-likeness (QED) is 0.716. The zero-order valence-corrected chi connectivity index (χ0v) is 9.71. The SMILES string of the molecule is CC(C)[C@@H]1CNC[C@H](C(=O)N(C)C)C1. The fourth-order valence-electron chi connectivity index (χ4n) is 2.04. The van der Waals surface area contributed by atoms with E-state index in [-0.39, 0.29) is 11.8 Å². The Morgan fingerprint density at radius 2 is 2.00 bits per heavy atom. The van der Waals surface area contributed by atoms with Crippen molar-refractivity contribution >= 4 is 5.91 Å². The molecular weight excluding hydrogens is 176 g/mol. The molecule has 0 radical (unpaired) electrons. The van der Waals surface area contributed by atoms with Crippen LogP contribution in [0.5, 0.6) is 0 Å². The summed E-state index contributed by atoms with van der Waals surface area (Å²) in [5.74, 6) is 1.77. The Hall–Kier alpha value is -0.570. The van der Waals surface area contributed by atoms with Crippen molar-refractivity contribution in [3.63, 3.8) is 0 Å². The summed E-state index contributed by atoms with van der Waals surface area (Å²) < 4.78 is 0. The smallest absolute Gasteiger partial charge is 0.226 e. The van der Waals surface area contributed by atoms with E-state index in [1.807, 2.05) is 14.1 Å². The molecule has 0 saturated carbocycles. The third-order valence-corrected chi connectivity index (χ3v) is 3.12. The molecule has 3 heteroatoms. The number of amides is 1. The minimum Gasteiger partial charge on any atom is -0.349 e. The molecule has 1 aliphatic rings. The standard InChI is InChI=1S/C11H22N2O/c1-8(2)9-5-10(7-12-6-9)11(14)13(3)4/h8-10,12H,5-7H2,1-4H3/t9-,10+/m0/s1. The average molecular weight is 198 g/mol. The minimum absolute atomic E-state index is 0.186. The Morgan fingerprint density at radius 1 is 1.36 bits per heavy atom. The van der Waals surface area contributed by atoms with E-state index < -0.39 is 0 Å². The molecule has 0 aromatic heterocycles. The number of nitrogens with one attached hydrogen (secondary N) is 1. The molecule has 3 nitrogen and oxygen atoms in total. The topological polar surface area (TPSA) is 32.3 Å². The maximum absolute atomic E-state index is 11.8. The average Bonchev–Trinajstić information content (AvgIpc) is 2.16. The van der Waals surface area contributed by atoms with Gasteiger partial charge in [-0.3, -0.25) is 4.79 Å². The Labute approximate surface area is 86.9 Å². The predicted molar refractivity (Wildman–Crippen MR) is 58.0 cm³/mol. The lowest BCUT2D eigenvalue weighted by Gasteiger charge is -2.32. The van der Waals surface area contributed by atoms with Crippen LogP contribution in [0.1, 0.15) is 20.3 Å². The van der Waals surface area contributed by atoms with Gasteiger partial charge in [0.15, 0.2) is 0 Å². The van der Waals surface area contributed by atoms with E-state index in [4.69, 9.17) is 0 Å². The van der Waals surface area contributed by atoms with E-state index in [9.17, 15) is 4.79 Å². The fraction of sp³-hybridized carbons (Fsp3) is 0.909. The van der Waals surface area contributed by atoms with Crippen LogP contribution in [0, 0.1) is 17.8 Å². The van der Waals surface area contributed by atoms with Crippen LogP contribution in [0.15, 0.2) is 0 Å². The van der Waals surface area contributed by atoms with Crippen molar-refractivity contribution in [2.75, 3.05) is 27.2 Å². The number of carbonyl (C=O) groups excluding carboxylic acids is 1. The van der Waals surface area contributed by atoms with Gasteiger partial charge in [0.2, 0.25) is 5.91 Å². The van der Waals surface area contributed by atoms with E-state index in [2.05, 4.69) is 19.2 Å². The van der Waals surface area contributed by atoms with Gasteiger partial charge >= 0.3 is 0 Å². The Kier molecular flexibility index (Phi) is 3.93. The molecule has 82 valence electrons. The second kappa shape index (κ2) is 4.78. The monoisotopic (exact) mass is 198 g/mol. The van der Waals surface area contributed by atoms with Crippen molar-refractivity contribution in [1.82, 2.24) is 10.2 Å². The first kappa shape index (κ1) is 11.5. The van der Waals surface area contributed by atoms with Crippen molar-refractivity contribution < 1.29 is 4.79 Å². The Morgan fingerprint density at radius 3 is 2.50 bits per heavy atom. The molecule has 1 saturated heterocycles. The molecule has 0 aromatic rings. The summed E-state index contributed by atoms with van der Waals surface area (Å²) in [5, 5.41) is 3.35. The van der Waals surface area contributed by atoms with Crippen LogP contribution in [0.25, 0.3) is 0 Å². The van der Waals surface area contributed by atoms with Crippen LogP contribution in [0.4, 0.5) is 0 Å². The highest BCUT2D eigenvalue weighted by Gasteiger charge is 2.29. The van der Waals surface area contributed by atoms with E-state index >= 15 is 0 Å². The molecule has 0 bridgehead atoms. The molecule has 0 spiro atoms.